The lowest BCUT2D eigenvalue weighted by molar-refractivity contribution is 1.15. The molecule has 0 spiro atoms. The van der Waals surface area contributed by atoms with Crippen LogP contribution in [-0.2, 0) is 6.54 Å². The lowest BCUT2D eigenvalue weighted by atomic mass is 10.1. The minimum absolute atomic E-state index is 0.657. The highest BCUT2D eigenvalue weighted by atomic mass is 32.1. The van der Waals surface area contributed by atoms with Crippen LogP contribution >= 0.6 is 11.3 Å². The molecule has 1 aromatic heterocycles. The molecule has 3 N–H and O–H groups in total. The molecule has 0 radical (unpaired) electrons. The first-order valence-corrected chi connectivity index (χ1v) is 7.37. The minimum Gasteiger partial charge on any atom is -0.397 e. The maximum Gasteiger partial charge on any atom is 0.0991 e. The second-order valence-corrected chi connectivity index (χ2v) is 6.04. The summed E-state index contributed by atoms with van der Waals surface area (Å²) in [7, 11) is 0. The van der Waals surface area contributed by atoms with Crippen LogP contribution in [0.25, 0.3) is 10.2 Å². The summed E-state index contributed by atoms with van der Waals surface area (Å²) in [4.78, 5) is 4.48. The summed E-state index contributed by atoms with van der Waals surface area (Å²) in [5.41, 5.74) is 10.4. The lowest BCUT2D eigenvalue weighted by Gasteiger charge is -2.09. The third-order valence-electron chi connectivity index (χ3n) is 3.23. The highest BCUT2D eigenvalue weighted by molar-refractivity contribution is 7.18. The van der Waals surface area contributed by atoms with E-state index in [4.69, 9.17) is 11.0 Å². The van der Waals surface area contributed by atoms with Gasteiger partial charge in [-0.2, -0.15) is 5.26 Å². The molecule has 0 amide bonds. The SMILES string of the molecule is Cc1nc2cc(NCc3ccc(C#N)cc3)c(N)cc2s1. The van der Waals surface area contributed by atoms with Gasteiger partial charge in [0.05, 0.1) is 38.2 Å². The Morgan fingerprint density at radius 2 is 2.05 bits per heavy atom. The maximum absolute atomic E-state index is 8.79. The first kappa shape index (κ1) is 13.4. The van der Waals surface area contributed by atoms with Crippen molar-refractivity contribution in [3.05, 3.63) is 52.5 Å². The van der Waals surface area contributed by atoms with E-state index in [1.165, 1.54) is 0 Å². The Morgan fingerprint density at radius 3 is 2.76 bits per heavy atom. The summed E-state index contributed by atoms with van der Waals surface area (Å²) in [5.74, 6) is 0. The maximum atomic E-state index is 8.79. The Labute approximate surface area is 126 Å². The van der Waals surface area contributed by atoms with Crippen molar-refractivity contribution in [1.82, 2.24) is 4.98 Å². The predicted molar refractivity (Wildman–Crippen MR) is 87.3 cm³/mol. The molecule has 21 heavy (non-hydrogen) atoms. The first-order valence-electron chi connectivity index (χ1n) is 6.55. The summed E-state index contributed by atoms with van der Waals surface area (Å²) in [6.45, 7) is 2.65. The number of anilines is 2. The predicted octanol–water partition coefficient (Wildman–Crippen LogP) is 3.67. The van der Waals surface area contributed by atoms with Crippen molar-refractivity contribution >= 4 is 32.9 Å². The number of fused-ring (bicyclic) bond motifs is 1. The van der Waals surface area contributed by atoms with E-state index in [0.717, 1.165) is 32.2 Å². The molecule has 0 unspecified atom stereocenters. The molecule has 0 saturated heterocycles. The zero-order valence-electron chi connectivity index (χ0n) is 11.6. The number of benzene rings is 2. The van der Waals surface area contributed by atoms with E-state index in [0.29, 0.717) is 12.1 Å². The van der Waals surface area contributed by atoms with Gasteiger partial charge in [-0.05, 0) is 36.8 Å². The fourth-order valence-electron chi connectivity index (χ4n) is 2.15. The van der Waals surface area contributed by atoms with Gasteiger partial charge in [-0.25, -0.2) is 4.98 Å². The van der Waals surface area contributed by atoms with Crippen LogP contribution in [0.4, 0.5) is 11.4 Å². The van der Waals surface area contributed by atoms with E-state index < -0.39 is 0 Å². The molecule has 0 atom stereocenters. The van der Waals surface area contributed by atoms with Crippen LogP contribution < -0.4 is 11.1 Å². The summed E-state index contributed by atoms with van der Waals surface area (Å²) < 4.78 is 1.11. The fraction of sp³-hybridized carbons (Fsp3) is 0.125. The molecule has 0 bridgehead atoms. The molecule has 0 aliphatic heterocycles. The van der Waals surface area contributed by atoms with Gasteiger partial charge in [0.2, 0.25) is 0 Å². The number of hydrogen-bond acceptors (Lipinski definition) is 5. The Hall–Kier alpha value is -2.58. The number of nitrogens with one attached hydrogen (secondary N) is 1. The van der Waals surface area contributed by atoms with Crippen molar-refractivity contribution in [2.45, 2.75) is 13.5 Å². The van der Waals surface area contributed by atoms with E-state index in [-0.39, 0.29) is 0 Å². The smallest absolute Gasteiger partial charge is 0.0991 e. The third kappa shape index (κ3) is 2.81. The third-order valence-corrected chi connectivity index (χ3v) is 4.17. The molecule has 104 valence electrons. The van der Waals surface area contributed by atoms with Crippen LogP contribution in [0.1, 0.15) is 16.1 Å². The molecule has 3 aromatic rings. The van der Waals surface area contributed by atoms with Gasteiger partial charge in [0.25, 0.3) is 0 Å². The van der Waals surface area contributed by atoms with Gasteiger partial charge in [-0.1, -0.05) is 12.1 Å². The summed E-state index contributed by atoms with van der Waals surface area (Å²) in [6.07, 6.45) is 0. The fourth-order valence-corrected chi connectivity index (χ4v) is 3.01. The standard InChI is InChI=1S/C16H14N4S/c1-10-20-15-7-14(13(18)6-16(15)21-10)19-9-12-4-2-11(8-17)3-5-12/h2-7,19H,9,18H2,1H3. The Kier molecular flexibility index (Phi) is 3.46. The highest BCUT2D eigenvalue weighted by Gasteiger charge is 2.06. The molecule has 0 saturated carbocycles. The number of nitrogen functional groups attached to an aromatic ring is 1. The summed E-state index contributed by atoms with van der Waals surface area (Å²) in [5, 5.41) is 13.1. The van der Waals surface area contributed by atoms with Crippen LogP contribution in [0.3, 0.4) is 0 Å². The lowest BCUT2D eigenvalue weighted by Crippen LogP contribution is -2.02. The van der Waals surface area contributed by atoms with Crippen LogP contribution in [0.2, 0.25) is 0 Å². The summed E-state index contributed by atoms with van der Waals surface area (Å²) >= 11 is 1.64. The monoisotopic (exact) mass is 294 g/mol. The Morgan fingerprint density at radius 1 is 1.29 bits per heavy atom. The average Bonchev–Trinajstić information content (AvgIpc) is 2.84. The molecular formula is C16H14N4S. The van der Waals surface area contributed by atoms with Gasteiger partial charge in [0, 0.05) is 6.54 Å². The number of aromatic nitrogens is 1. The van der Waals surface area contributed by atoms with Crippen molar-refractivity contribution < 1.29 is 0 Å². The van der Waals surface area contributed by atoms with E-state index in [1.54, 1.807) is 11.3 Å². The number of nitrogens with zero attached hydrogens (tertiary/aromatic N) is 2. The van der Waals surface area contributed by atoms with Crippen molar-refractivity contribution in [2.75, 3.05) is 11.1 Å². The Bertz CT molecular complexity index is 828. The number of thiazole rings is 1. The molecule has 4 nitrogen and oxygen atoms in total. The molecule has 0 aliphatic carbocycles. The molecule has 1 heterocycles. The second-order valence-electron chi connectivity index (χ2n) is 4.80. The van der Waals surface area contributed by atoms with Gasteiger partial charge in [-0.3, -0.25) is 0 Å². The van der Waals surface area contributed by atoms with Crippen molar-refractivity contribution in [1.29, 1.82) is 5.26 Å². The van der Waals surface area contributed by atoms with E-state index >= 15 is 0 Å². The van der Waals surface area contributed by atoms with Gasteiger partial charge in [0.1, 0.15) is 0 Å². The zero-order chi connectivity index (χ0) is 14.8. The second kappa shape index (κ2) is 5.43. The van der Waals surface area contributed by atoms with Crippen molar-refractivity contribution in [3.63, 3.8) is 0 Å². The van der Waals surface area contributed by atoms with Crippen LogP contribution in [0, 0.1) is 18.3 Å². The average molecular weight is 294 g/mol. The van der Waals surface area contributed by atoms with Crippen molar-refractivity contribution in [2.24, 2.45) is 0 Å². The quantitative estimate of drug-likeness (QED) is 0.723. The zero-order valence-corrected chi connectivity index (χ0v) is 12.4. The molecular weight excluding hydrogens is 280 g/mol. The van der Waals surface area contributed by atoms with E-state index in [1.807, 2.05) is 43.3 Å². The molecule has 0 aliphatic rings. The molecule has 2 aromatic carbocycles. The molecule has 5 heteroatoms. The number of nitriles is 1. The number of hydrogen-bond donors (Lipinski definition) is 2. The molecule has 3 rings (SSSR count). The molecule has 0 fully saturated rings. The number of nitrogens with two attached hydrogens (primary N) is 1. The van der Waals surface area contributed by atoms with Gasteiger partial charge < -0.3 is 11.1 Å². The van der Waals surface area contributed by atoms with Crippen molar-refractivity contribution in [3.8, 4) is 6.07 Å². The topological polar surface area (TPSA) is 74.7 Å². The normalized spacial score (nSPS) is 10.5. The van der Waals surface area contributed by atoms with Gasteiger partial charge in [0.15, 0.2) is 0 Å². The largest absolute Gasteiger partial charge is 0.397 e. The van der Waals surface area contributed by atoms with Crippen LogP contribution in [0.15, 0.2) is 36.4 Å². The number of rotatable bonds is 3. The van der Waals surface area contributed by atoms with Crippen LogP contribution in [0.5, 0.6) is 0 Å². The van der Waals surface area contributed by atoms with Gasteiger partial charge in [-0.15, -0.1) is 11.3 Å². The van der Waals surface area contributed by atoms with Gasteiger partial charge >= 0.3 is 0 Å². The van der Waals surface area contributed by atoms with E-state index in [2.05, 4.69) is 16.4 Å². The van der Waals surface area contributed by atoms with E-state index in [9.17, 15) is 0 Å². The first-order chi connectivity index (χ1) is 10.2. The Balaban J connectivity index is 1.80. The van der Waals surface area contributed by atoms with Crippen LogP contribution in [-0.4, -0.2) is 4.98 Å². The number of aryl methyl sites for hydroxylation is 1. The minimum atomic E-state index is 0.657. The summed E-state index contributed by atoms with van der Waals surface area (Å²) in [6, 6.07) is 13.6. The highest BCUT2D eigenvalue weighted by Crippen LogP contribution is 2.29.